The Morgan fingerprint density at radius 3 is 2.63 bits per heavy atom. The SMILES string of the molecule is NCC1CCN(C2=NS(=O)(=O)c3ccccc32)CC1. The van der Waals surface area contributed by atoms with Crippen molar-refractivity contribution in [2.45, 2.75) is 17.7 Å². The summed E-state index contributed by atoms with van der Waals surface area (Å²) in [6, 6.07) is 7.03. The molecule has 0 aliphatic carbocycles. The zero-order valence-corrected chi connectivity index (χ0v) is 11.4. The van der Waals surface area contributed by atoms with Gasteiger partial charge in [-0.2, -0.15) is 8.42 Å². The predicted molar refractivity (Wildman–Crippen MR) is 73.5 cm³/mol. The fourth-order valence-electron chi connectivity index (χ4n) is 2.70. The van der Waals surface area contributed by atoms with Crippen molar-refractivity contribution < 1.29 is 8.42 Å². The zero-order valence-electron chi connectivity index (χ0n) is 10.6. The Kier molecular flexibility index (Phi) is 3.06. The van der Waals surface area contributed by atoms with E-state index in [1.807, 2.05) is 12.1 Å². The molecule has 3 rings (SSSR count). The van der Waals surface area contributed by atoms with Crippen LogP contribution in [0.1, 0.15) is 18.4 Å². The average molecular weight is 279 g/mol. The molecule has 0 amide bonds. The van der Waals surface area contributed by atoms with Crippen LogP contribution in [0.4, 0.5) is 0 Å². The summed E-state index contributed by atoms with van der Waals surface area (Å²) in [5.41, 5.74) is 6.41. The van der Waals surface area contributed by atoms with Gasteiger partial charge >= 0.3 is 0 Å². The summed E-state index contributed by atoms with van der Waals surface area (Å²) >= 11 is 0. The number of likely N-dealkylation sites (tertiary alicyclic amines) is 1. The summed E-state index contributed by atoms with van der Waals surface area (Å²) in [6.45, 7) is 2.35. The molecule has 1 saturated heterocycles. The quantitative estimate of drug-likeness (QED) is 0.825. The number of amidine groups is 1. The lowest BCUT2D eigenvalue weighted by Gasteiger charge is -2.32. The average Bonchev–Trinajstić information content (AvgIpc) is 2.72. The molecule has 19 heavy (non-hydrogen) atoms. The van der Waals surface area contributed by atoms with Gasteiger partial charge in [-0.15, -0.1) is 4.40 Å². The highest BCUT2D eigenvalue weighted by Gasteiger charge is 2.32. The van der Waals surface area contributed by atoms with E-state index < -0.39 is 10.0 Å². The lowest BCUT2D eigenvalue weighted by Crippen LogP contribution is -2.40. The van der Waals surface area contributed by atoms with Crippen LogP contribution in [0, 0.1) is 5.92 Å². The van der Waals surface area contributed by atoms with Gasteiger partial charge < -0.3 is 10.6 Å². The Bertz CT molecular complexity index is 617. The van der Waals surface area contributed by atoms with E-state index in [-0.39, 0.29) is 0 Å². The van der Waals surface area contributed by atoms with Gasteiger partial charge in [0, 0.05) is 18.7 Å². The second kappa shape index (κ2) is 4.61. The van der Waals surface area contributed by atoms with Crippen molar-refractivity contribution in [2.75, 3.05) is 19.6 Å². The van der Waals surface area contributed by atoms with E-state index in [1.54, 1.807) is 12.1 Å². The third kappa shape index (κ3) is 2.15. The molecule has 0 radical (unpaired) electrons. The summed E-state index contributed by atoms with van der Waals surface area (Å²) in [7, 11) is -3.50. The molecule has 2 aliphatic rings. The standard InChI is InChI=1S/C13H17N3O2S/c14-9-10-5-7-16(8-6-10)13-11-3-1-2-4-12(11)19(17,18)15-13/h1-4,10H,5-9,14H2. The van der Waals surface area contributed by atoms with Crippen molar-refractivity contribution in [2.24, 2.45) is 16.0 Å². The largest absolute Gasteiger partial charge is 0.355 e. The van der Waals surface area contributed by atoms with E-state index >= 15 is 0 Å². The monoisotopic (exact) mass is 279 g/mol. The molecule has 0 spiro atoms. The molecule has 2 aliphatic heterocycles. The number of rotatable bonds is 1. The number of nitrogens with zero attached hydrogens (tertiary/aromatic N) is 2. The maximum Gasteiger partial charge on any atom is 0.285 e. The Labute approximate surface area is 113 Å². The number of hydrogen-bond acceptors (Lipinski definition) is 4. The molecule has 0 saturated carbocycles. The molecule has 0 unspecified atom stereocenters. The first-order chi connectivity index (χ1) is 9.12. The molecule has 2 heterocycles. The number of fused-ring (bicyclic) bond motifs is 1. The topological polar surface area (TPSA) is 75.8 Å². The van der Waals surface area contributed by atoms with E-state index in [4.69, 9.17) is 5.73 Å². The van der Waals surface area contributed by atoms with Crippen LogP contribution < -0.4 is 5.73 Å². The molecular weight excluding hydrogens is 262 g/mol. The van der Waals surface area contributed by atoms with E-state index in [2.05, 4.69) is 9.30 Å². The molecule has 1 aromatic carbocycles. The normalized spacial score (nSPS) is 22.2. The number of piperidine rings is 1. The highest BCUT2D eigenvalue weighted by molar-refractivity contribution is 7.90. The Hall–Kier alpha value is -1.40. The van der Waals surface area contributed by atoms with Crippen LogP contribution in [0.3, 0.4) is 0 Å². The van der Waals surface area contributed by atoms with Gasteiger partial charge in [0.15, 0.2) is 5.84 Å². The smallest absolute Gasteiger partial charge is 0.285 e. The number of benzene rings is 1. The van der Waals surface area contributed by atoms with Crippen LogP contribution in [-0.4, -0.2) is 38.8 Å². The fourth-order valence-corrected chi connectivity index (χ4v) is 3.92. The van der Waals surface area contributed by atoms with Gasteiger partial charge in [0.2, 0.25) is 0 Å². The second-order valence-corrected chi connectivity index (χ2v) is 6.62. The molecule has 6 heteroatoms. The van der Waals surface area contributed by atoms with Crippen molar-refractivity contribution in [3.63, 3.8) is 0 Å². The minimum Gasteiger partial charge on any atom is -0.355 e. The van der Waals surface area contributed by atoms with E-state index in [1.165, 1.54) is 0 Å². The van der Waals surface area contributed by atoms with Crippen LogP contribution in [0.2, 0.25) is 0 Å². The Balaban J connectivity index is 1.91. The summed E-state index contributed by atoms with van der Waals surface area (Å²) in [5.74, 6) is 1.15. The predicted octanol–water partition coefficient (Wildman–Crippen LogP) is 0.806. The third-order valence-electron chi connectivity index (χ3n) is 3.86. The summed E-state index contributed by atoms with van der Waals surface area (Å²) < 4.78 is 27.9. The first-order valence-corrected chi connectivity index (χ1v) is 7.95. The first-order valence-electron chi connectivity index (χ1n) is 6.51. The van der Waals surface area contributed by atoms with Crippen LogP contribution >= 0.6 is 0 Å². The highest BCUT2D eigenvalue weighted by Crippen LogP contribution is 2.29. The lowest BCUT2D eigenvalue weighted by atomic mass is 9.96. The highest BCUT2D eigenvalue weighted by atomic mass is 32.2. The van der Waals surface area contributed by atoms with Gasteiger partial charge in [-0.05, 0) is 37.4 Å². The van der Waals surface area contributed by atoms with Gasteiger partial charge in [-0.25, -0.2) is 0 Å². The maximum atomic E-state index is 12.0. The molecule has 1 aromatic rings. The molecule has 0 aromatic heterocycles. The summed E-state index contributed by atoms with van der Waals surface area (Å²) in [6.07, 6.45) is 2.00. The van der Waals surface area contributed by atoms with Gasteiger partial charge in [-0.1, -0.05) is 12.1 Å². The number of hydrogen-bond donors (Lipinski definition) is 1. The molecule has 1 fully saturated rings. The van der Waals surface area contributed by atoms with Crippen LogP contribution in [0.15, 0.2) is 33.6 Å². The first kappa shape index (κ1) is 12.6. The van der Waals surface area contributed by atoms with Gasteiger partial charge in [0.05, 0.1) is 0 Å². The van der Waals surface area contributed by atoms with Crippen molar-refractivity contribution in [3.8, 4) is 0 Å². The van der Waals surface area contributed by atoms with Gasteiger partial charge in [-0.3, -0.25) is 0 Å². The van der Waals surface area contributed by atoms with Crippen molar-refractivity contribution >= 4 is 15.9 Å². The number of sulfonamides is 1. The van der Waals surface area contributed by atoms with Gasteiger partial charge in [0.25, 0.3) is 10.0 Å². The minimum atomic E-state index is -3.50. The second-order valence-electron chi connectivity index (χ2n) is 5.05. The fraction of sp³-hybridized carbons (Fsp3) is 0.462. The van der Waals surface area contributed by atoms with Crippen LogP contribution in [0.25, 0.3) is 0 Å². The summed E-state index contributed by atoms with van der Waals surface area (Å²) in [5, 5.41) is 0. The minimum absolute atomic E-state index is 0.325. The van der Waals surface area contributed by atoms with E-state index in [0.717, 1.165) is 31.5 Å². The molecular formula is C13H17N3O2S. The molecule has 102 valence electrons. The third-order valence-corrected chi connectivity index (χ3v) is 5.19. The Morgan fingerprint density at radius 2 is 1.95 bits per heavy atom. The number of nitrogens with two attached hydrogens (primary N) is 1. The Morgan fingerprint density at radius 1 is 1.26 bits per heavy atom. The van der Waals surface area contributed by atoms with Crippen molar-refractivity contribution in [3.05, 3.63) is 29.8 Å². The molecule has 2 N–H and O–H groups in total. The lowest BCUT2D eigenvalue weighted by molar-refractivity contribution is 0.272. The van der Waals surface area contributed by atoms with Crippen molar-refractivity contribution in [1.29, 1.82) is 0 Å². The van der Waals surface area contributed by atoms with E-state index in [0.29, 0.717) is 23.2 Å². The van der Waals surface area contributed by atoms with Crippen molar-refractivity contribution in [1.82, 2.24) is 4.90 Å². The zero-order chi connectivity index (χ0) is 13.5. The van der Waals surface area contributed by atoms with Crippen LogP contribution in [0.5, 0.6) is 0 Å². The van der Waals surface area contributed by atoms with Gasteiger partial charge in [0.1, 0.15) is 4.90 Å². The molecule has 0 bridgehead atoms. The van der Waals surface area contributed by atoms with E-state index in [9.17, 15) is 8.42 Å². The van der Waals surface area contributed by atoms with Crippen LogP contribution in [-0.2, 0) is 10.0 Å². The summed E-state index contributed by atoms with van der Waals surface area (Å²) in [4.78, 5) is 2.39. The maximum absolute atomic E-state index is 12.0. The molecule has 0 atom stereocenters. The molecule has 5 nitrogen and oxygen atoms in total.